The predicted molar refractivity (Wildman–Crippen MR) is 280 cm³/mol. The van der Waals surface area contributed by atoms with Crippen LogP contribution < -0.4 is 21.3 Å². The molecule has 16 N–H and O–H groups in total. The number of nitriles is 1. The molecule has 24 nitrogen and oxygen atoms in total. The van der Waals surface area contributed by atoms with Gasteiger partial charge in [-0.1, -0.05) is 98.9 Å². The number of ether oxygens (including phenoxy) is 4. The van der Waals surface area contributed by atoms with Gasteiger partial charge in [0.2, 0.25) is 5.96 Å². The monoisotopic (exact) mass is 1090 g/mol. The van der Waals surface area contributed by atoms with Gasteiger partial charge in [-0.15, -0.1) is 0 Å². The molecule has 0 radical (unpaired) electrons. The first-order valence-electron chi connectivity index (χ1n) is 25.9. The van der Waals surface area contributed by atoms with Gasteiger partial charge >= 0.3 is 12.0 Å². The minimum absolute atomic E-state index is 0.0744. The minimum Gasteiger partial charge on any atom is -0.462 e. The zero-order chi connectivity index (χ0) is 57.2. The van der Waals surface area contributed by atoms with Gasteiger partial charge in [0, 0.05) is 51.1 Å². The van der Waals surface area contributed by atoms with Crippen LogP contribution in [0.5, 0.6) is 0 Å². The van der Waals surface area contributed by atoms with E-state index in [9.17, 15) is 76.1 Å². The average molecular weight is 1090 g/mol. The summed E-state index contributed by atoms with van der Waals surface area (Å²) in [6.45, 7) is 5.66. The van der Waals surface area contributed by atoms with Gasteiger partial charge in [0.15, 0.2) is 18.3 Å². The summed E-state index contributed by atoms with van der Waals surface area (Å²) in [5.41, 5.74) is 0. The molecule has 2 amide bonds. The fraction of sp³-hybridized carbons (Fsp3) is 0.660. The van der Waals surface area contributed by atoms with Gasteiger partial charge in [-0.3, -0.25) is 15.1 Å². The number of nitrogens with zero attached hydrogens (tertiary/aromatic N) is 2. The Hall–Kier alpha value is -4.92. The van der Waals surface area contributed by atoms with Crippen LogP contribution in [0.1, 0.15) is 79.1 Å². The van der Waals surface area contributed by atoms with Crippen molar-refractivity contribution in [3.05, 3.63) is 85.1 Å². The zero-order valence-corrected chi connectivity index (χ0v) is 44.3. The normalized spacial score (nSPS) is 40.6. The highest BCUT2D eigenvalue weighted by molar-refractivity contribution is 5.81. The molecule has 0 spiro atoms. The van der Waals surface area contributed by atoms with E-state index in [0.717, 1.165) is 0 Å². The van der Waals surface area contributed by atoms with Crippen molar-refractivity contribution in [1.29, 1.82) is 5.26 Å². The van der Waals surface area contributed by atoms with Gasteiger partial charge in [0.25, 0.3) is 0 Å². The lowest BCUT2D eigenvalue weighted by molar-refractivity contribution is -0.303. The summed E-state index contributed by atoms with van der Waals surface area (Å²) in [4.78, 5) is 29.8. The van der Waals surface area contributed by atoms with E-state index < -0.39 is 160 Å². The van der Waals surface area contributed by atoms with Crippen LogP contribution in [-0.2, 0) is 23.7 Å². The predicted octanol–water partition coefficient (Wildman–Crippen LogP) is -1.28. The van der Waals surface area contributed by atoms with E-state index in [0.29, 0.717) is 0 Å². The Kier molecular flexibility index (Phi) is 29.4. The Morgan fingerprint density at radius 2 is 1.36 bits per heavy atom. The smallest absolute Gasteiger partial charge is 0.315 e. The lowest BCUT2D eigenvalue weighted by atomic mass is 9.87. The highest BCUT2D eigenvalue weighted by Crippen LogP contribution is 2.35. The molecule has 2 fully saturated rings. The van der Waals surface area contributed by atoms with Crippen LogP contribution >= 0.6 is 0 Å². The van der Waals surface area contributed by atoms with Crippen molar-refractivity contribution >= 4 is 18.0 Å². The van der Waals surface area contributed by atoms with Gasteiger partial charge in [-0.2, -0.15) is 5.26 Å². The molecular formula is C53H84N6O18. The summed E-state index contributed by atoms with van der Waals surface area (Å²) in [6.07, 6.45) is 3.03. The standard InChI is InChI=1S/C53H84N6O18/c1-31-18-16-14-12-10-8-6-7-9-11-13-15-17-19-39(76-50-49(71)46(48(70)34(4)75-50)58-51(55-5)57-30-54)25-43-45(59-52(72)56-28-38(64)29-60)42(67)27-53(73,77-43)26-37(63)23-41(66)40(65)21-20-35(61)22-36(62)24-44(68)74-33(3)32(2)47(31)69/h6-19,31-43,45-50,60-67,69-71,73H,20-29H2,1-5H3,(H2,55,57,58)(H2,56,59,72)/b7-6+,10-8+,11-9+,14-12+,15-13+,18-16+,19-17+/t31-,32-,33-,34+,35+,36+,37-,38-,39-,40+,41+,42-,43-,45+,46-,47+,48+,49-,50-,53+/m0/s1. The molecule has 2 saturated heterocycles. The third-order valence-corrected chi connectivity index (χ3v) is 13.4. The molecule has 434 valence electrons. The molecular weight excluding hydrogens is 1010 g/mol. The van der Waals surface area contributed by atoms with Gasteiger partial charge in [-0.05, 0) is 33.1 Å². The molecule has 0 aromatic carbocycles. The number of fused-ring (bicyclic) bond motifs is 2. The summed E-state index contributed by atoms with van der Waals surface area (Å²) < 4.78 is 24.0. The Balaban J connectivity index is 2.00. The number of hydrogen-bond donors (Lipinski definition) is 16. The maximum absolute atomic E-state index is 13.1. The van der Waals surface area contributed by atoms with Crippen LogP contribution in [0.3, 0.4) is 0 Å². The first-order valence-corrected chi connectivity index (χ1v) is 25.9. The Morgan fingerprint density at radius 1 is 0.753 bits per heavy atom. The lowest BCUT2D eigenvalue weighted by Gasteiger charge is -2.46. The Morgan fingerprint density at radius 3 is 1.96 bits per heavy atom. The van der Waals surface area contributed by atoms with Crippen molar-refractivity contribution in [2.45, 2.75) is 189 Å². The number of carbonyl (C=O) groups is 2. The molecule has 0 unspecified atom stereocenters. The molecule has 24 heteroatoms. The first-order chi connectivity index (χ1) is 36.5. The second kappa shape index (κ2) is 34.2. The highest BCUT2D eigenvalue weighted by atomic mass is 16.7. The van der Waals surface area contributed by atoms with Gasteiger partial charge in [0.05, 0.1) is 92.3 Å². The number of nitrogens with one attached hydrogen (secondary N) is 4. The second-order valence-corrected chi connectivity index (χ2v) is 19.8. The number of carbonyl (C=O) groups excluding carboxylic acids is 2. The number of guanidine groups is 1. The van der Waals surface area contributed by atoms with Gasteiger partial charge < -0.3 is 96.2 Å². The van der Waals surface area contributed by atoms with E-state index >= 15 is 0 Å². The quantitative estimate of drug-likeness (QED) is 0.0464. The summed E-state index contributed by atoms with van der Waals surface area (Å²) >= 11 is 0. The summed E-state index contributed by atoms with van der Waals surface area (Å²) in [7, 11) is 1.37. The third-order valence-electron chi connectivity index (χ3n) is 13.4. The average Bonchev–Trinajstić information content (AvgIpc) is 3.37. The molecule has 3 aliphatic heterocycles. The van der Waals surface area contributed by atoms with Crippen molar-refractivity contribution in [2.75, 3.05) is 20.2 Å². The number of amides is 2. The SMILES string of the molecule is CN=C(NC#N)N[C@@H]1[C@H](O)[C@H](O[C@H]2/C=C/C=C/C=C/C=C/C=C/C=C/C=C/[C@H](C)[C@@H](O)[C@@H](C)[C@H](C)OC(=O)C[C@H](O)C[C@H](O)CC[C@@H](O)[C@H](O)C[C@H](O)C[C@]3(O)C[C@H](O)[C@@H](NC(=O)NC[C@H](O)CO)[C@H](C2)O3)O[C@H](C)[C@H]1O. The topological polar surface area (TPSA) is 398 Å². The number of cyclic esters (lactones) is 1. The maximum Gasteiger partial charge on any atom is 0.315 e. The molecule has 3 rings (SSSR count). The number of aliphatic imine (C=N–C) groups is 1. The van der Waals surface area contributed by atoms with Gasteiger partial charge in [-0.25, -0.2) is 4.79 Å². The van der Waals surface area contributed by atoms with E-state index in [1.807, 2.05) is 13.0 Å². The van der Waals surface area contributed by atoms with E-state index in [-0.39, 0.29) is 44.1 Å². The summed E-state index contributed by atoms with van der Waals surface area (Å²) in [5.74, 6) is -3.96. The van der Waals surface area contributed by atoms with Crippen LogP contribution in [0.4, 0.5) is 4.79 Å². The van der Waals surface area contributed by atoms with Crippen LogP contribution in [-0.4, -0.2) is 209 Å². The van der Waals surface area contributed by atoms with E-state index in [1.54, 1.807) is 93.0 Å². The van der Waals surface area contributed by atoms with Crippen LogP contribution in [0.2, 0.25) is 0 Å². The zero-order valence-electron chi connectivity index (χ0n) is 44.3. The number of urea groups is 1. The van der Waals surface area contributed by atoms with E-state index in [2.05, 4.69) is 26.3 Å². The lowest BCUT2D eigenvalue weighted by Crippen LogP contribution is -2.65. The Bertz CT molecular complexity index is 2070. The number of aliphatic hydroxyl groups is 12. The number of aliphatic hydroxyl groups excluding tert-OH is 11. The molecule has 2 bridgehead atoms. The highest BCUT2D eigenvalue weighted by Gasteiger charge is 2.49. The summed E-state index contributed by atoms with van der Waals surface area (Å²) in [5, 5.41) is 150. The van der Waals surface area contributed by atoms with Crippen LogP contribution in [0.25, 0.3) is 0 Å². The molecule has 77 heavy (non-hydrogen) atoms. The van der Waals surface area contributed by atoms with Crippen LogP contribution in [0.15, 0.2) is 90.1 Å². The van der Waals surface area contributed by atoms with Crippen LogP contribution in [0, 0.1) is 23.3 Å². The van der Waals surface area contributed by atoms with Crippen molar-refractivity contribution in [3.8, 4) is 6.19 Å². The summed E-state index contributed by atoms with van der Waals surface area (Å²) in [6, 6.07) is -3.45. The van der Waals surface area contributed by atoms with Gasteiger partial charge in [0.1, 0.15) is 18.3 Å². The molecule has 0 aromatic heterocycles. The van der Waals surface area contributed by atoms with Crippen molar-refractivity contribution in [2.24, 2.45) is 16.8 Å². The molecule has 0 saturated carbocycles. The largest absolute Gasteiger partial charge is 0.462 e. The third kappa shape index (κ3) is 23.5. The van der Waals surface area contributed by atoms with Crippen molar-refractivity contribution in [3.63, 3.8) is 0 Å². The number of rotatable bonds is 7. The van der Waals surface area contributed by atoms with E-state index in [4.69, 9.17) is 18.9 Å². The molecule has 3 aliphatic rings. The number of esters is 1. The number of hydrogen-bond acceptors (Lipinski definition) is 20. The fourth-order valence-corrected chi connectivity index (χ4v) is 8.82. The fourth-order valence-electron chi connectivity index (χ4n) is 8.82. The second-order valence-electron chi connectivity index (χ2n) is 19.8. The Labute approximate surface area is 450 Å². The van der Waals surface area contributed by atoms with Crippen molar-refractivity contribution in [1.82, 2.24) is 21.3 Å². The first kappa shape index (κ1) is 66.4. The molecule has 20 atom stereocenters. The maximum atomic E-state index is 13.1. The van der Waals surface area contributed by atoms with Crippen molar-refractivity contribution < 1.29 is 89.8 Å². The van der Waals surface area contributed by atoms with E-state index in [1.165, 1.54) is 20.0 Å². The molecule has 3 heterocycles. The molecule has 0 aromatic rings. The molecule has 0 aliphatic carbocycles. The minimum atomic E-state index is -2.36. The number of allylic oxidation sites excluding steroid dienone is 12.